The fourth-order valence-corrected chi connectivity index (χ4v) is 3.41. The average molecular weight is 360 g/mol. The monoisotopic (exact) mass is 359 g/mol. The van der Waals surface area contributed by atoms with Gasteiger partial charge in [0, 0.05) is 11.6 Å². The number of nitrogens with zero attached hydrogens (tertiary/aromatic N) is 1. The van der Waals surface area contributed by atoms with Gasteiger partial charge in [-0.1, -0.05) is 53.6 Å². The van der Waals surface area contributed by atoms with Crippen molar-refractivity contribution in [1.82, 2.24) is 4.90 Å². The third-order valence-corrected chi connectivity index (χ3v) is 4.93. The molecule has 3 nitrogen and oxygen atoms in total. The highest BCUT2D eigenvalue weighted by molar-refractivity contribution is 6.30. The zero-order valence-corrected chi connectivity index (χ0v) is 15.5. The van der Waals surface area contributed by atoms with Crippen molar-refractivity contribution in [3.8, 4) is 0 Å². The zero-order valence-electron chi connectivity index (χ0n) is 14.7. The van der Waals surface area contributed by atoms with Gasteiger partial charge in [-0.2, -0.15) is 0 Å². The van der Waals surface area contributed by atoms with Crippen LogP contribution in [0.25, 0.3) is 0 Å². The van der Waals surface area contributed by atoms with Crippen molar-refractivity contribution < 1.29 is 9.84 Å². The highest BCUT2D eigenvalue weighted by Crippen LogP contribution is 2.27. The first kappa shape index (κ1) is 18.4. The molecule has 0 radical (unpaired) electrons. The highest BCUT2D eigenvalue weighted by atomic mass is 35.5. The van der Waals surface area contributed by atoms with Crippen LogP contribution in [0.4, 0.5) is 0 Å². The smallest absolute Gasteiger partial charge is 0.108 e. The number of aliphatic hydroxyl groups excluding tert-OH is 1. The van der Waals surface area contributed by atoms with Gasteiger partial charge in [0.25, 0.3) is 0 Å². The molecule has 1 heterocycles. The molecular weight excluding hydrogens is 334 g/mol. The Balaban J connectivity index is 1.69. The van der Waals surface area contributed by atoms with E-state index in [-0.39, 0.29) is 6.10 Å². The van der Waals surface area contributed by atoms with Gasteiger partial charge in [0.1, 0.15) is 6.10 Å². The Kier molecular flexibility index (Phi) is 6.49. The zero-order chi connectivity index (χ0) is 17.6. The number of β-amino-alcohol motifs (C(OH)–C–C–N with tert-alkyl or cyclic N) is 1. The first-order valence-corrected chi connectivity index (χ1v) is 9.33. The Hall–Kier alpha value is -1.39. The number of ether oxygens (including phenoxy) is 1. The predicted molar refractivity (Wildman–Crippen MR) is 102 cm³/mol. The molecule has 2 unspecified atom stereocenters. The predicted octanol–water partition coefficient (Wildman–Crippen LogP) is 4.21. The van der Waals surface area contributed by atoms with E-state index in [1.165, 1.54) is 18.4 Å². The lowest BCUT2D eigenvalue weighted by atomic mass is 10.0. The molecular formula is C21H26ClNO2. The molecule has 1 aliphatic rings. The van der Waals surface area contributed by atoms with E-state index in [2.05, 4.69) is 36.1 Å². The van der Waals surface area contributed by atoms with Crippen LogP contribution < -0.4 is 0 Å². The second-order valence-electron chi connectivity index (χ2n) is 6.84. The standard InChI is InChI=1S/C21H26ClNO2/c1-16-4-6-17(7-5-16)21(18-8-10-19(22)11-9-18)25-15-20(24)14-23-12-2-3-13-23/h4-11,20-21,24H,2-3,12-15H2,1H3. The van der Waals surface area contributed by atoms with E-state index in [1.807, 2.05) is 24.3 Å². The topological polar surface area (TPSA) is 32.7 Å². The van der Waals surface area contributed by atoms with Crippen LogP contribution in [-0.4, -0.2) is 42.4 Å². The molecule has 2 atom stereocenters. The number of hydrogen-bond acceptors (Lipinski definition) is 3. The summed E-state index contributed by atoms with van der Waals surface area (Å²) in [6.45, 7) is 5.23. The van der Waals surface area contributed by atoms with Crippen molar-refractivity contribution in [3.63, 3.8) is 0 Å². The molecule has 134 valence electrons. The Morgan fingerprint density at radius 3 is 2.16 bits per heavy atom. The third kappa shape index (κ3) is 5.29. The molecule has 0 aliphatic carbocycles. The Labute approximate surface area is 155 Å². The van der Waals surface area contributed by atoms with Gasteiger partial charge in [-0.25, -0.2) is 0 Å². The number of hydrogen-bond donors (Lipinski definition) is 1. The third-order valence-electron chi connectivity index (χ3n) is 4.68. The first-order valence-electron chi connectivity index (χ1n) is 8.96. The van der Waals surface area contributed by atoms with Crippen molar-refractivity contribution >= 4 is 11.6 Å². The summed E-state index contributed by atoms with van der Waals surface area (Å²) in [5.74, 6) is 0. The summed E-state index contributed by atoms with van der Waals surface area (Å²) in [5, 5.41) is 11.1. The lowest BCUT2D eigenvalue weighted by molar-refractivity contribution is -0.00572. The quantitative estimate of drug-likeness (QED) is 0.803. The summed E-state index contributed by atoms with van der Waals surface area (Å²) < 4.78 is 6.15. The Morgan fingerprint density at radius 2 is 1.56 bits per heavy atom. The normalized spacial score (nSPS) is 17.6. The Morgan fingerprint density at radius 1 is 1.00 bits per heavy atom. The lowest BCUT2D eigenvalue weighted by Crippen LogP contribution is -2.33. The molecule has 0 amide bonds. The first-order chi connectivity index (χ1) is 12.1. The van der Waals surface area contributed by atoms with E-state index in [0.29, 0.717) is 18.2 Å². The van der Waals surface area contributed by atoms with Crippen molar-refractivity contribution in [2.45, 2.75) is 32.0 Å². The van der Waals surface area contributed by atoms with E-state index in [9.17, 15) is 5.11 Å². The van der Waals surface area contributed by atoms with Crippen LogP contribution >= 0.6 is 11.6 Å². The molecule has 2 aromatic rings. The van der Waals surface area contributed by atoms with E-state index < -0.39 is 6.10 Å². The maximum Gasteiger partial charge on any atom is 0.108 e. The van der Waals surface area contributed by atoms with Gasteiger partial charge in [0.15, 0.2) is 0 Å². The molecule has 1 N–H and O–H groups in total. The van der Waals surface area contributed by atoms with Crippen LogP contribution in [0.5, 0.6) is 0 Å². The molecule has 4 heteroatoms. The largest absolute Gasteiger partial charge is 0.389 e. The number of rotatable bonds is 7. The van der Waals surface area contributed by atoms with Gasteiger partial charge in [0.2, 0.25) is 0 Å². The molecule has 0 bridgehead atoms. The fraction of sp³-hybridized carbons (Fsp3) is 0.429. The second kappa shape index (κ2) is 8.81. The van der Waals surface area contributed by atoms with Gasteiger partial charge in [-0.15, -0.1) is 0 Å². The van der Waals surface area contributed by atoms with Crippen LogP contribution in [0.1, 0.15) is 35.6 Å². The summed E-state index contributed by atoms with van der Waals surface area (Å²) in [5.41, 5.74) is 3.34. The summed E-state index contributed by atoms with van der Waals surface area (Å²) in [7, 11) is 0. The second-order valence-corrected chi connectivity index (χ2v) is 7.27. The molecule has 3 rings (SSSR count). The van der Waals surface area contributed by atoms with E-state index in [0.717, 1.165) is 24.2 Å². The number of benzene rings is 2. The summed E-state index contributed by atoms with van der Waals surface area (Å²) >= 11 is 6.02. The van der Waals surface area contributed by atoms with E-state index >= 15 is 0 Å². The van der Waals surface area contributed by atoms with Crippen LogP contribution in [-0.2, 0) is 4.74 Å². The van der Waals surface area contributed by atoms with Gasteiger partial charge in [-0.3, -0.25) is 0 Å². The molecule has 2 aromatic carbocycles. The minimum Gasteiger partial charge on any atom is -0.389 e. The van der Waals surface area contributed by atoms with Gasteiger partial charge in [-0.05, 0) is 56.1 Å². The van der Waals surface area contributed by atoms with Crippen molar-refractivity contribution in [3.05, 3.63) is 70.2 Å². The summed E-state index contributed by atoms with van der Waals surface area (Å²) in [6.07, 6.45) is 1.78. The van der Waals surface area contributed by atoms with Crippen LogP contribution in [0.2, 0.25) is 5.02 Å². The van der Waals surface area contributed by atoms with E-state index in [4.69, 9.17) is 16.3 Å². The molecule has 1 fully saturated rings. The average Bonchev–Trinajstić information content (AvgIpc) is 3.11. The minimum atomic E-state index is -0.474. The summed E-state index contributed by atoms with van der Waals surface area (Å²) in [6, 6.07) is 16.1. The summed E-state index contributed by atoms with van der Waals surface area (Å²) in [4.78, 5) is 2.30. The number of halogens is 1. The maximum atomic E-state index is 10.4. The molecule has 1 aliphatic heterocycles. The number of aryl methyl sites for hydroxylation is 1. The Bertz CT molecular complexity index is 605. The highest BCUT2D eigenvalue weighted by Gasteiger charge is 2.19. The fourth-order valence-electron chi connectivity index (χ4n) is 3.29. The SMILES string of the molecule is Cc1ccc(C(OCC(O)CN2CCCC2)c2ccc(Cl)cc2)cc1. The maximum absolute atomic E-state index is 10.4. The molecule has 0 saturated carbocycles. The van der Waals surface area contributed by atoms with Crippen molar-refractivity contribution in [2.75, 3.05) is 26.2 Å². The van der Waals surface area contributed by atoms with Gasteiger partial charge >= 0.3 is 0 Å². The lowest BCUT2D eigenvalue weighted by Gasteiger charge is -2.23. The van der Waals surface area contributed by atoms with Gasteiger partial charge in [0.05, 0.1) is 12.7 Å². The van der Waals surface area contributed by atoms with Crippen LogP contribution in [0, 0.1) is 6.92 Å². The molecule has 0 aromatic heterocycles. The molecule has 0 spiro atoms. The van der Waals surface area contributed by atoms with Crippen molar-refractivity contribution in [1.29, 1.82) is 0 Å². The number of aliphatic hydroxyl groups is 1. The minimum absolute atomic E-state index is 0.203. The molecule has 25 heavy (non-hydrogen) atoms. The van der Waals surface area contributed by atoms with E-state index in [1.54, 1.807) is 0 Å². The number of likely N-dealkylation sites (tertiary alicyclic amines) is 1. The molecule has 1 saturated heterocycles. The van der Waals surface area contributed by atoms with Gasteiger partial charge < -0.3 is 14.7 Å². The van der Waals surface area contributed by atoms with Crippen LogP contribution in [0.15, 0.2) is 48.5 Å². The van der Waals surface area contributed by atoms with Crippen LogP contribution in [0.3, 0.4) is 0 Å². The van der Waals surface area contributed by atoms with Crippen molar-refractivity contribution in [2.24, 2.45) is 0 Å².